The molecule has 2 nitrogen and oxygen atoms in total. The fraction of sp³-hybridized carbons (Fsp3) is 0.897. The molecule has 1 aromatic rings. The molecule has 1 N–H and O–H groups in total. The summed E-state index contributed by atoms with van der Waals surface area (Å²) in [7, 11) is 0. The maximum absolute atomic E-state index is 3.56. The van der Waals surface area contributed by atoms with Gasteiger partial charge in [0.1, 0.15) is 12.4 Å². The third-order valence-corrected chi connectivity index (χ3v) is 7.15. The summed E-state index contributed by atoms with van der Waals surface area (Å²) in [5, 5.41) is 0. The van der Waals surface area contributed by atoms with Crippen molar-refractivity contribution in [1.29, 1.82) is 0 Å². The first-order valence-corrected chi connectivity index (χ1v) is 14.3. The Bertz CT molecular complexity index is 493. The standard InChI is InChI=1S/C29H56N2/c1-5-7-9-11-13-14-15-16-17-18-19-21-23-27(3)29-30-25-26-31(29)28(4)24-22-20-12-10-8-6-2/h25-28H,5-24H2,1-4H3/p+1. The van der Waals surface area contributed by atoms with Crippen molar-refractivity contribution in [2.75, 3.05) is 0 Å². The van der Waals surface area contributed by atoms with Crippen LogP contribution in [0.15, 0.2) is 12.4 Å². The van der Waals surface area contributed by atoms with Crippen LogP contribution in [0.2, 0.25) is 0 Å². The van der Waals surface area contributed by atoms with Crippen LogP contribution in [-0.4, -0.2) is 4.98 Å². The summed E-state index contributed by atoms with van der Waals surface area (Å²) in [5.74, 6) is 2.09. The van der Waals surface area contributed by atoms with Gasteiger partial charge in [-0.15, -0.1) is 0 Å². The Hall–Kier alpha value is -0.790. The van der Waals surface area contributed by atoms with E-state index >= 15 is 0 Å². The van der Waals surface area contributed by atoms with Gasteiger partial charge < -0.3 is 0 Å². The van der Waals surface area contributed by atoms with Gasteiger partial charge in [0.2, 0.25) is 0 Å². The normalized spacial score (nSPS) is 13.5. The predicted molar refractivity (Wildman–Crippen MR) is 138 cm³/mol. The zero-order valence-corrected chi connectivity index (χ0v) is 21.9. The van der Waals surface area contributed by atoms with Crippen molar-refractivity contribution in [3.63, 3.8) is 0 Å². The van der Waals surface area contributed by atoms with Crippen LogP contribution in [0.5, 0.6) is 0 Å². The van der Waals surface area contributed by atoms with Crippen molar-refractivity contribution in [2.24, 2.45) is 0 Å². The molecule has 0 aliphatic carbocycles. The monoisotopic (exact) mass is 433 g/mol. The smallest absolute Gasteiger partial charge is 0.247 e. The molecule has 0 saturated heterocycles. The maximum atomic E-state index is 3.56. The number of nitrogens with one attached hydrogen (secondary N) is 1. The van der Waals surface area contributed by atoms with E-state index in [1.807, 2.05) is 0 Å². The average Bonchev–Trinajstić information content (AvgIpc) is 3.27. The molecule has 1 rings (SSSR count). The Kier molecular flexibility index (Phi) is 18.1. The van der Waals surface area contributed by atoms with Crippen molar-refractivity contribution in [2.45, 2.75) is 168 Å². The van der Waals surface area contributed by atoms with Crippen molar-refractivity contribution < 1.29 is 4.57 Å². The van der Waals surface area contributed by atoms with E-state index in [-0.39, 0.29) is 0 Å². The van der Waals surface area contributed by atoms with Crippen molar-refractivity contribution in [1.82, 2.24) is 4.98 Å². The Balaban J connectivity index is 2.09. The molecule has 0 bridgehead atoms. The minimum Gasteiger partial charge on any atom is -0.247 e. The van der Waals surface area contributed by atoms with E-state index in [9.17, 15) is 0 Å². The molecular weight excluding hydrogens is 376 g/mol. The van der Waals surface area contributed by atoms with Crippen LogP contribution in [0.25, 0.3) is 0 Å². The molecule has 0 saturated carbocycles. The van der Waals surface area contributed by atoms with Gasteiger partial charge in [0.15, 0.2) is 0 Å². The van der Waals surface area contributed by atoms with Crippen molar-refractivity contribution in [3.8, 4) is 0 Å². The molecule has 0 aliphatic heterocycles. The molecule has 2 heteroatoms. The summed E-state index contributed by atoms with van der Waals surface area (Å²) in [5.41, 5.74) is 0. The van der Waals surface area contributed by atoms with E-state index < -0.39 is 0 Å². The second kappa shape index (κ2) is 19.9. The molecule has 1 aromatic heterocycles. The van der Waals surface area contributed by atoms with E-state index in [2.05, 4.69) is 49.6 Å². The molecule has 0 aromatic carbocycles. The van der Waals surface area contributed by atoms with Crippen LogP contribution in [0, 0.1) is 0 Å². The highest BCUT2D eigenvalue weighted by molar-refractivity contribution is 4.87. The number of hydrogen-bond acceptors (Lipinski definition) is 0. The van der Waals surface area contributed by atoms with Gasteiger partial charge in [-0.25, -0.2) is 9.55 Å². The minimum absolute atomic E-state index is 0.622. The van der Waals surface area contributed by atoms with Gasteiger partial charge >= 0.3 is 0 Å². The van der Waals surface area contributed by atoms with Gasteiger partial charge in [0.05, 0.1) is 12.0 Å². The van der Waals surface area contributed by atoms with Gasteiger partial charge in [-0.1, -0.05) is 130 Å². The Morgan fingerprint density at radius 1 is 0.613 bits per heavy atom. The second-order valence-electron chi connectivity index (χ2n) is 10.2. The molecular formula is C29H57N2+. The molecule has 0 aliphatic rings. The Morgan fingerprint density at radius 2 is 1.03 bits per heavy atom. The summed E-state index contributed by atoms with van der Waals surface area (Å²) in [6, 6.07) is 0.622. The number of rotatable bonds is 22. The van der Waals surface area contributed by atoms with Crippen molar-refractivity contribution in [3.05, 3.63) is 18.2 Å². The number of aromatic nitrogens is 2. The summed E-state index contributed by atoms with van der Waals surface area (Å²) < 4.78 is 2.53. The first-order valence-electron chi connectivity index (χ1n) is 14.3. The number of hydrogen-bond donors (Lipinski definition) is 1. The van der Waals surface area contributed by atoms with Gasteiger partial charge in [-0.3, -0.25) is 0 Å². The number of unbranched alkanes of at least 4 members (excludes halogenated alkanes) is 16. The van der Waals surface area contributed by atoms with Crippen LogP contribution in [-0.2, 0) is 0 Å². The van der Waals surface area contributed by atoms with E-state index in [4.69, 9.17) is 0 Å². The number of H-pyrrole nitrogens is 1. The SMILES string of the molecule is CCCCCCCCCCCCCCC(C)c1[nH]cc[n+]1C(C)CCCCCCCC. The lowest BCUT2D eigenvalue weighted by atomic mass is 10.00. The summed E-state index contributed by atoms with van der Waals surface area (Å²) >= 11 is 0. The predicted octanol–water partition coefficient (Wildman–Crippen LogP) is 9.81. The van der Waals surface area contributed by atoms with E-state index in [0.29, 0.717) is 12.0 Å². The molecule has 0 amide bonds. The fourth-order valence-electron chi connectivity index (χ4n) is 4.93. The first kappa shape index (κ1) is 28.2. The maximum Gasteiger partial charge on any atom is 0.257 e. The zero-order chi connectivity index (χ0) is 22.6. The fourth-order valence-corrected chi connectivity index (χ4v) is 4.93. The largest absolute Gasteiger partial charge is 0.257 e. The number of imidazole rings is 1. The highest BCUT2D eigenvalue weighted by atomic mass is 15.1. The molecule has 31 heavy (non-hydrogen) atoms. The third-order valence-electron chi connectivity index (χ3n) is 7.15. The lowest BCUT2D eigenvalue weighted by molar-refractivity contribution is -0.727. The molecule has 0 radical (unpaired) electrons. The molecule has 2 atom stereocenters. The van der Waals surface area contributed by atoms with Gasteiger partial charge in [0.25, 0.3) is 5.82 Å². The second-order valence-corrected chi connectivity index (χ2v) is 10.2. The minimum atomic E-state index is 0.622. The van der Waals surface area contributed by atoms with Crippen LogP contribution >= 0.6 is 0 Å². The van der Waals surface area contributed by atoms with Crippen LogP contribution in [0.4, 0.5) is 0 Å². The molecule has 182 valence electrons. The molecule has 0 fully saturated rings. The van der Waals surface area contributed by atoms with E-state index in [0.717, 1.165) is 0 Å². The average molecular weight is 434 g/mol. The quantitative estimate of drug-likeness (QED) is 0.139. The van der Waals surface area contributed by atoms with E-state index in [1.165, 1.54) is 134 Å². The zero-order valence-electron chi connectivity index (χ0n) is 21.9. The molecule has 0 spiro atoms. The number of aromatic amines is 1. The summed E-state index contributed by atoms with van der Waals surface area (Å²) in [6.07, 6.45) is 32.6. The molecule has 2 unspecified atom stereocenters. The third kappa shape index (κ3) is 14.1. The topological polar surface area (TPSA) is 19.7 Å². The van der Waals surface area contributed by atoms with Gasteiger partial charge in [-0.05, 0) is 26.2 Å². The Labute approximate surface area is 196 Å². The lowest BCUT2D eigenvalue weighted by Gasteiger charge is -2.14. The van der Waals surface area contributed by atoms with Crippen LogP contribution < -0.4 is 4.57 Å². The first-order chi connectivity index (χ1) is 15.2. The number of nitrogens with zero attached hydrogens (tertiary/aromatic N) is 1. The van der Waals surface area contributed by atoms with Crippen LogP contribution in [0.1, 0.15) is 174 Å². The van der Waals surface area contributed by atoms with Gasteiger partial charge in [-0.2, -0.15) is 0 Å². The van der Waals surface area contributed by atoms with E-state index in [1.54, 1.807) is 0 Å². The summed E-state index contributed by atoms with van der Waals surface area (Å²) in [6.45, 7) is 9.41. The highest BCUT2D eigenvalue weighted by Gasteiger charge is 2.22. The molecule has 1 heterocycles. The van der Waals surface area contributed by atoms with Crippen LogP contribution in [0.3, 0.4) is 0 Å². The lowest BCUT2D eigenvalue weighted by Crippen LogP contribution is -2.40. The highest BCUT2D eigenvalue weighted by Crippen LogP contribution is 2.21. The van der Waals surface area contributed by atoms with Crippen molar-refractivity contribution >= 4 is 0 Å². The summed E-state index contributed by atoms with van der Waals surface area (Å²) in [4.78, 5) is 3.56. The van der Waals surface area contributed by atoms with Gasteiger partial charge in [0, 0.05) is 0 Å². The Morgan fingerprint density at radius 3 is 1.52 bits per heavy atom.